The van der Waals surface area contributed by atoms with Gasteiger partial charge < -0.3 is 0 Å². The molecule has 6 aromatic carbocycles. The Morgan fingerprint density at radius 2 is 1.18 bits per heavy atom. The van der Waals surface area contributed by atoms with Crippen LogP contribution in [-0.2, 0) is 0 Å². The summed E-state index contributed by atoms with van der Waals surface area (Å²) in [6.07, 6.45) is 3.89. The third-order valence-electron chi connectivity index (χ3n) is 6.80. The van der Waals surface area contributed by atoms with Crippen molar-refractivity contribution < 1.29 is 0 Å². The monoisotopic (exact) mass is 431 g/mol. The lowest BCUT2D eigenvalue weighted by Gasteiger charge is -2.18. The smallest absolute Gasteiger partial charge is 0.0991 e. The van der Waals surface area contributed by atoms with Crippen LogP contribution in [0.3, 0.4) is 0 Å². The first-order valence-electron chi connectivity index (χ1n) is 11.3. The van der Waals surface area contributed by atoms with Crippen LogP contribution >= 0.6 is 0 Å². The maximum absolute atomic E-state index is 9.25. The molecule has 1 nitrogen and oxygen atoms in total. The number of hydrogen-bond acceptors (Lipinski definition) is 1. The number of fused-ring (bicyclic) bond motifs is 6. The molecule has 6 rings (SSSR count). The Morgan fingerprint density at radius 3 is 1.88 bits per heavy atom. The fourth-order valence-corrected chi connectivity index (χ4v) is 5.27. The molecule has 0 unspecified atom stereocenters. The average Bonchev–Trinajstić information content (AvgIpc) is 2.90. The Balaban J connectivity index is 1.78. The van der Waals surface area contributed by atoms with Crippen LogP contribution < -0.4 is 0 Å². The second kappa shape index (κ2) is 7.73. The minimum Gasteiger partial charge on any atom is -0.192 e. The molecule has 0 aliphatic heterocycles. The van der Waals surface area contributed by atoms with Crippen LogP contribution in [0.1, 0.15) is 16.7 Å². The number of hydrogen-bond donors (Lipinski definition) is 0. The second-order valence-electron chi connectivity index (χ2n) is 8.56. The highest BCUT2D eigenvalue weighted by molar-refractivity contribution is 6.26. The zero-order valence-electron chi connectivity index (χ0n) is 18.7. The maximum atomic E-state index is 9.25. The van der Waals surface area contributed by atoms with E-state index < -0.39 is 0 Å². The van der Waals surface area contributed by atoms with Crippen LogP contribution in [0.5, 0.6) is 0 Å². The van der Waals surface area contributed by atoms with E-state index in [-0.39, 0.29) is 0 Å². The van der Waals surface area contributed by atoms with Crippen LogP contribution in [0, 0.1) is 11.3 Å². The van der Waals surface area contributed by atoms with Crippen LogP contribution in [0.25, 0.3) is 66.4 Å². The summed E-state index contributed by atoms with van der Waals surface area (Å²) in [6, 6.07) is 34.0. The van der Waals surface area contributed by atoms with E-state index in [1.807, 2.05) is 30.4 Å². The summed E-state index contributed by atoms with van der Waals surface area (Å²) >= 11 is 0. The van der Waals surface area contributed by atoms with E-state index in [4.69, 9.17) is 0 Å². The third-order valence-corrected chi connectivity index (χ3v) is 6.80. The van der Waals surface area contributed by atoms with Gasteiger partial charge in [-0.15, -0.1) is 0 Å². The molecule has 0 saturated heterocycles. The summed E-state index contributed by atoms with van der Waals surface area (Å²) in [6.45, 7) is 8.28. The Bertz CT molecular complexity index is 1850. The van der Waals surface area contributed by atoms with Crippen molar-refractivity contribution in [2.45, 2.75) is 0 Å². The Hall–Kier alpha value is -4.67. The summed E-state index contributed by atoms with van der Waals surface area (Å²) in [7, 11) is 0. The molecule has 0 aliphatic carbocycles. The maximum Gasteiger partial charge on any atom is 0.0991 e. The summed E-state index contributed by atoms with van der Waals surface area (Å²) in [4.78, 5) is 0. The standard InChI is InChI=1S/C33H21N/c1-3-25-26(4-2)32-19-31(24-16-15-22-17-21(20-34)13-14-23(22)18-24)28-10-6-8-12-30(28)33(32)29-11-7-5-9-27(25)29/h3-19H,1-2H2. The van der Waals surface area contributed by atoms with Crippen LogP contribution in [-0.4, -0.2) is 0 Å². The zero-order chi connectivity index (χ0) is 23.2. The topological polar surface area (TPSA) is 23.8 Å². The van der Waals surface area contributed by atoms with E-state index in [1.54, 1.807) is 0 Å². The van der Waals surface area contributed by atoms with Gasteiger partial charge in [0.1, 0.15) is 0 Å². The van der Waals surface area contributed by atoms with Crippen LogP contribution in [0.15, 0.2) is 104 Å². The van der Waals surface area contributed by atoms with Gasteiger partial charge >= 0.3 is 0 Å². The predicted molar refractivity (Wildman–Crippen MR) is 147 cm³/mol. The van der Waals surface area contributed by atoms with E-state index >= 15 is 0 Å². The SMILES string of the molecule is C=Cc1c(C=C)c2cc(-c3ccc4cc(C#N)ccc4c3)c3ccccc3c2c2ccccc12. The molecule has 0 heterocycles. The highest BCUT2D eigenvalue weighted by Crippen LogP contribution is 2.42. The third kappa shape index (κ3) is 2.86. The van der Waals surface area contributed by atoms with Crippen LogP contribution in [0.2, 0.25) is 0 Å². The van der Waals surface area contributed by atoms with Crippen molar-refractivity contribution in [1.29, 1.82) is 5.26 Å². The molecular weight excluding hydrogens is 410 g/mol. The van der Waals surface area contributed by atoms with Crippen molar-refractivity contribution in [2.24, 2.45) is 0 Å². The highest BCUT2D eigenvalue weighted by atomic mass is 14.2. The molecule has 0 aromatic heterocycles. The first-order valence-corrected chi connectivity index (χ1v) is 11.3. The van der Waals surface area contributed by atoms with Crippen molar-refractivity contribution in [3.63, 3.8) is 0 Å². The Morgan fingerprint density at radius 1 is 0.588 bits per heavy atom. The summed E-state index contributed by atoms with van der Waals surface area (Å²) < 4.78 is 0. The average molecular weight is 432 g/mol. The van der Waals surface area contributed by atoms with Gasteiger partial charge in [-0.3, -0.25) is 0 Å². The van der Waals surface area contributed by atoms with Crippen molar-refractivity contribution in [3.05, 3.63) is 121 Å². The summed E-state index contributed by atoms with van der Waals surface area (Å²) in [5, 5.41) is 18.7. The van der Waals surface area contributed by atoms with E-state index in [0.29, 0.717) is 5.56 Å². The van der Waals surface area contributed by atoms with E-state index in [1.165, 1.54) is 37.9 Å². The van der Waals surface area contributed by atoms with Gasteiger partial charge in [-0.1, -0.05) is 92.0 Å². The first kappa shape index (κ1) is 20.0. The number of nitrogens with zero attached hydrogens (tertiary/aromatic N) is 1. The zero-order valence-corrected chi connectivity index (χ0v) is 18.7. The number of nitriles is 1. The highest BCUT2D eigenvalue weighted by Gasteiger charge is 2.16. The molecule has 0 atom stereocenters. The van der Waals surface area contributed by atoms with Crippen molar-refractivity contribution in [3.8, 4) is 17.2 Å². The molecule has 0 N–H and O–H groups in total. The minimum absolute atomic E-state index is 0.677. The van der Waals surface area contributed by atoms with Crippen LogP contribution in [0.4, 0.5) is 0 Å². The molecule has 0 amide bonds. The largest absolute Gasteiger partial charge is 0.192 e. The summed E-state index contributed by atoms with van der Waals surface area (Å²) in [5.74, 6) is 0. The molecule has 1 heteroatoms. The molecule has 34 heavy (non-hydrogen) atoms. The number of benzene rings is 6. The number of rotatable bonds is 3. The van der Waals surface area contributed by atoms with Crippen molar-refractivity contribution in [2.75, 3.05) is 0 Å². The van der Waals surface area contributed by atoms with Gasteiger partial charge in [0.2, 0.25) is 0 Å². The van der Waals surface area contributed by atoms with E-state index in [2.05, 4.69) is 92.0 Å². The van der Waals surface area contributed by atoms with E-state index in [9.17, 15) is 5.26 Å². The minimum atomic E-state index is 0.677. The molecule has 158 valence electrons. The normalized spacial score (nSPS) is 11.1. The fraction of sp³-hybridized carbons (Fsp3) is 0. The van der Waals surface area contributed by atoms with Gasteiger partial charge in [-0.05, 0) is 89.6 Å². The first-order chi connectivity index (χ1) is 16.7. The molecule has 0 spiro atoms. The lowest BCUT2D eigenvalue weighted by atomic mass is 9.85. The Kier molecular flexibility index (Phi) is 4.54. The van der Waals surface area contributed by atoms with Gasteiger partial charge in [0, 0.05) is 0 Å². The molecule has 0 radical (unpaired) electrons. The van der Waals surface area contributed by atoms with Gasteiger partial charge in [0.05, 0.1) is 11.6 Å². The second-order valence-corrected chi connectivity index (χ2v) is 8.56. The Labute approximate surface area is 198 Å². The molecule has 0 saturated carbocycles. The fourth-order valence-electron chi connectivity index (χ4n) is 5.27. The van der Waals surface area contributed by atoms with Gasteiger partial charge in [-0.2, -0.15) is 5.26 Å². The molecule has 6 aromatic rings. The molecule has 0 fully saturated rings. The lowest BCUT2D eigenvalue weighted by molar-refractivity contribution is 1.50. The molecular formula is C33H21N. The lowest BCUT2D eigenvalue weighted by Crippen LogP contribution is -1.92. The molecule has 0 aliphatic rings. The van der Waals surface area contributed by atoms with Gasteiger partial charge in [0.15, 0.2) is 0 Å². The van der Waals surface area contributed by atoms with Crippen molar-refractivity contribution in [1.82, 2.24) is 0 Å². The van der Waals surface area contributed by atoms with E-state index in [0.717, 1.165) is 27.5 Å². The predicted octanol–water partition coefficient (Wildman–Crippen LogP) is 9.12. The van der Waals surface area contributed by atoms with Gasteiger partial charge in [-0.25, -0.2) is 0 Å². The molecule has 0 bridgehead atoms. The quantitative estimate of drug-likeness (QED) is 0.256. The van der Waals surface area contributed by atoms with Crippen molar-refractivity contribution >= 4 is 55.2 Å². The van der Waals surface area contributed by atoms with Gasteiger partial charge in [0.25, 0.3) is 0 Å². The summed E-state index contributed by atoms with van der Waals surface area (Å²) in [5.41, 5.74) is 5.23.